The van der Waals surface area contributed by atoms with Crippen LogP contribution in [0.5, 0.6) is 5.75 Å². The summed E-state index contributed by atoms with van der Waals surface area (Å²) in [6, 6.07) is 4.43. The number of aliphatic carboxylic acids is 1. The third-order valence-electron chi connectivity index (χ3n) is 5.57. The minimum Gasteiger partial charge on any atom is -0.494 e. The minimum absolute atomic E-state index is 0.00917. The highest BCUT2D eigenvalue weighted by atomic mass is 16.5. The first-order valence-electron chi connectivity index (χ1n) is 11.8. The molecule has 0 aliphatic carbocycles. The molecule has 1 saturated heterocycles. The van der Waals surface area contributed by atoms with E-state index < -0.39 is 36.3 Å². The van der Waals surface area contributed by atoms with Gasteiger partial charge in [-0.1, -0.05) is 13.8 Å². The van der Waals surface area contributed by atoms with E-state index in [9.17, 15) is 24.3 Å². The number of rotatable bonds is 13. The number of nitrogens with one attached hydrogen (secondary N) is 3. The van der Waals surface area contributed by atoms with Crippen LogP contribution in [0.15, 0.2) is 24.3 Å². The first-order chi connectivity index (χ1) is 17.1. The molecular formula is C24H35N5O7. The fraction of sp³-hybridized carbons (Fsp3) is 0.542. The average Bonchev–Trinajstić information content (AvgIpc) is 2.84. The molecule has 1 aliphatic rings. The van der Waals surface area contributed by atoms with E-state index in [1.54, 1.807) is 43.0 Å². The Balaban J connectivity index is 1.88. The highest BCUT2D eigenvalue weighted by Gasteiger charge is 2.32. The number of nitrogens with two attached hydrogens (primary N) is 1. The smallest absolute Gasteiger partial charge is 0.305 e. The van der Waals surface area contributed by atoms with Crippen LogP contribution in [0.3, 0.4) is 0 Å². The maximum absolute atomic E-state index is 12.9. The molecule has 1 aliphatic heterocycles. The number of benzene rings is 1. The molecule has 1 aromatic carbocycles. The summed E-state index contributed by atoms with van der Waals surface area (Å²) in [5.41, 5.74) is 5.97. The number of amidine groups is 1. The first kappa shape index (κ1) is 28.6. The SMILES string of the molecule is CC(C)[C@H](NC(=O)[C@H](CC(=O)O)NC(=O)CCCOc1ccc(C(=N)N)cc1)C(=O)N1CCOCC1. The number of carbonyl (C=O) groups is 4. The van der Waals surface area contributed by atoms with Crippen molar-refractivity contribution in [2.45, 2.75) is 45.2 Å². The predicted molar refractivity (Wildman–Crippen MR) is 131 cm³/mol. The fourth-order valence-corrected chi connectivity index (χ4v) is 3.55. The number of nitrogens with zero attached hydrogens (tertiary/aromatic N) is 1. The number of hydrogen-bond acceptors (Lipinski definition) is 7. The van der Waals surface area contributed by atoms with Crippen molar-refractivity contribution in [2.24, 2.45) is 11.7 Å². The molecule has 1 aromatic rings. The Morgan fingerprint density at radius 2 is 1.78 bits per heavy atom. The first-order valence-corrected chi connectivity index (χ1v) is 11.8. The molecule has 0 aromatic heterocycles. The summed E-state index contributed by atoms with van der Waals surface area (Å²) >= 11 is 0. The Morgan fingerprint density at radius 3 is 2.33 bits per heavy atom. The number of carbonyl (C=O) groups excluding carboxylic acids is 3. The number of carboxylic acid groups (broad SMARTS) is 1. The molecule has 0 radical (unpaired) electrons. The molecule has 12 heteroatoms. The molecule has 3 amide bonds. The van der Waals surface area contributed by atoms with Crippen LogP contribution in [-0.2, 0) is 23.9 Å². The van der Waals surface area contributed by atoms with Crippen LogP contribution in [0, 0.1) is 11.3 Å². The molecular weight excluding hydrogens is 470 g/mol. The van der Waals surface area contributed by atoms with Gasteiger partial charge in [-0.2, -0.15) is 0 Å². The van der Waals surface area contributed by atoms with Gasteiger partial charge in [0.05, 0.1) is 26.2 Å². The van der Waals surface area contributed by atoms with Gasteiger partial charge in [0, 0.05) is 25.1 Å². The van der Waals surface area contributed by atoms with Crippen LogP contribution < -0.4 is 21.1 Å². The van der Waals surface area contributed by atoms with Gasteiger partial charge in [-0.15, -0.1) is 0 Å². The van der Waals surface area contributed by atoms with Crippen molar-refractivity contribution in [3.8, 4) is 5.75 Å². The van der Waals surface area contributed by atoms with E-state index in [-0.39, 0.29) is 30.7 Å². The number of morpholine rings is 1. The maximum Gasteiger partial charge on any atom is 0.305 e. The average molecular weight is 506 g/mol. The lowest BCUT2D eigenvalue weighted by Crippen LogP contribution is -2.57. The zero-order valence-electron chi connectivity index (χ0n) is 20.6. The molecule has 12 nitrogen and oxygen atoms in total. The van der Waals surface area contributed by atoms with Crippen molar-refractivity contribution in [3.63, 3.8) is 0 Å². The topological polar surface area (TPSA) is 184 Å². The van der Waals surface area contributed by atoms with Crippen molar-refractivity contribution in [2.75, 3.05) is 32.9 Å². The lowest BCUT2D eigenvalue weighted by atomic mass is 10.0. The second-order valence-electron chi connectivity index (χ2n) is 8.78. The van der Waals surface area contributed by atoms with Crippen molar-refractivity contribution >= 4 is 29.5 Å². The summed E-state index contributed by atoms with van der Waals surface area (Å²) in [5, 5.41) is 21.7. The molecule has 1 fully saturated rings. The van der Waals surface area contributed by atoms with Gasteiger partial charge < -0.3 is 35.8 Å². The normalized spacial score (nSPS) is 15.0. The third-order valence-corrected chi connectivity index (χ3v) is 5.57. The van der Waals surface area contributed by atoms with Gasteiger partial charge in [-0.3, -0.25) is 24.6 Å². The summed E-state index contributed by atoms with van der Waals surface area (Å²) in [4.78, 5) is 51.1. The van der Waals surface area contributed by atoms with Crippen LogP contribution in [0.1, 0.15) is 38.7 Å². The highest BCUT2D eigenvalue weighted by Crippen LogP contribution is 2.13. The molecule has 198 valence electrons. The van der Waals surface area contributed by atoms with Gasteiger partial charge in [-0.05, 0) is 36.6 Å². The van der Waals surface area contributed by atoms with Gasteiger partial charge in [0.2, 0.25) is 17.7 Å². The molecule has 1 heterocycles. The van der Waals surface area contributed by atoms with Crippen LogP contribution >= 0.6 is 0 Å². The summed E-state index contributed by atoms with van der Waals surface area (Å²) < 4.78 is 10.8. The lowest BCUT2D eigenvalue weighted by molar-refractivity contribution is -0.143. The van der Waals surface area contributed by atoms with Crippen molar-refractivity contribution in [1.29, 1.82) is 5.41 Å². The lowest BCUT2D eigenvalue weighted by Gasteiger charge is -2.33. The van der Waals surface area contributed by atoms with Gasteiger partial charge in [0.15, 0.2) is 0 Å². The molecule has 2 rings (SSSR count). The second-order valence-corrected chi connectivity index (χ2v) is 8.78. The number of carboxylic acids is 1. The third kappa shape index (κ3) is 9.17. The highest BCUT2D eigenvalue weighted by molar-refractivity contribution is 5.95. The molecule has 0 saturated carbocycles. The van der Waals surface area contributed by atoms with E-state index in [0.29, 0.717) is 44.0 Å². The number of amides is 3. The van der Waals surface area contributed by atoms with Crippen molar-refractivity contribution in [3.05, 3.63) is 29.8 Å². The van der Waals surface area contributed by atoms with Crippen LogP contribution in [0.2, 0.25) is 0 Å². The Labute approximate surface area is 210 Å². The molecule has 0 spiro atoms. The molecule has 0 bridgehead atoms. The van der Waals surface area contributed by atoms with Gasteiger partial charge in [-0.25, -0.2) is 0 Å². The predicted octanol–water partition coefficient (Wildman–Crippen LogP) is 0.0888. The largest absolute Gasteiger partial charge is 0.494 e. The van der Waals surface area contributed by atoms with E-state index >= 15 is 0 Å². The van der Waals surface area contributed by atoms with Gasteiger partial charge in [0.1, 0.15) is 23.7 Å². The molecule has 36 heavy (non-hydrogen) atoms. The monoisotopic (exact) mass is 505 g/mol. The summed E-state index contributed by atoms with van der Waals surface area (Å²) in [5.74, 6) is -2.51. The Morgan fingerprint density at radius 1 is 1.14 bits per heavy atom. The standard InChI is InChI=1S/C24H35N5O7/c1-15(2)21(24(34)29-9-12-35-13-10-29)28-23(33)18(14-20(31)32)27-19(30)4-3-11-36-17-7-5-16(6-8-17)22(25)26/h5-8,15,18,21H,3-4,9-14H2,1-2H3,(H3,25,26)(H,27,30)(H,28,33)(H,31,32)/t18-,21-/m0/s1. The maximum atomic E-state index is 12.9. The van der Waals surface area contributed by atoms with Crippen LogP contribution in [0.25, 0.3) is 0 Å². The second kappa shape index (κ2) is 14.0. The van der Waals surface area contributed by atoms with Crippen molar-refractivity contribution in [1.82, 2.24) is 15.5 Å². The van der Waals surface area contributed by atoms with Gasteiger partial charge >= 0.3 is 5.97 Å². The Bertz CT molecular complexity index is 929. The quantitative estimate of drug-likeness (QED) is 0.142. The van der Waals surface area contributed by atoms with Crippen LogP contribution in [0.4, 0.5) is 0 Å². The number of nitrogen functional groups attached to an aromatic ring is 1. The van der Waals surface area contributed by atoms with E-state index in [0.717, 1.165) is 0 Å². The van der Waals surface area contributed by atoms with Crippen molar-refractivity contribution < 1.29 is 33.8 Å². The summed E-state index contributed by atoms with van der Waals surface area (Å²) in [7, 11) is 0. The van der Waals surface area contributed by atoms with E-state index in [2.05, 4.69) is 10.6 Å². The molecule has 0 unspecified atom stereocenters. The minimum atomic E-state index is -1.33. The van der Waals surface area contributed by atoms with E-state index in [1.165, 1.54) is 0 Å². The number of hydrogen-bond donors (Lipinski definition) is 5. The van der Waals surface area contributed by atoms with E-state index in [1.807, 2.05) is 0 Å². The Hall–Kier alpha value is -3.67. The fourth-order valence-electron chi connectivity index (χ4n) is 3.55. The zero-order chi connectivity index (χ0) is 26.7. The molecule has 6 N–H and O–H groups in total. The van der Waals surface area contributed by atoms with Crippen LogP contribution in [-0.4, -0.2) is 84.5 Å². The number of ether oxygens (including phenoxy) is 2. The van der Waals surface area contributed by atoms with E-state index in [4.69, 9.17) is 20.6 Å². The van der Waals surface area contributed by atoms with Gasteiger partial charge in [0.25, 0.3) is 0 Å². The summed E-state index contributed by atoms with van der Waals surface area (Å²) in [6.45, 7) is 5.42. The Kier molecular flexibility index (Phi) is 11.1. The zero-order valence-corrected chi connectivity index (χ0v) is 20.6. The molecule has 2 atom stereocenters. The summed E-state index contributed by atoms with van der Waals surface area (Å²) in [6.07, 6.45) is -0.284.